The second-order valence-electron chi connectivity index (χ2n) is 5.13. The molecule has 0 amide bonds. The van der Waals surface area contributed by atoms with Crippen molar-refractivity contribution in [2.45, 2.75) is 24.6 Å². The van der Waals surface area contributed by atoms with E-state index in [9.17, 15) is 36.2 Å². The van der Waals surface area contributed by atoms with Gasteiger partial charge in [-0.2, -0.15) is 26.3 Å². The maximum Gasteiger partial charge on any atom is 1.00 e. The first-order chi connectivity index (χ1) is 12.7. The number of ether oxygens (including phenoxy) is 1. The summed E-state index contributed by atoms with van der Waals surface area (Å²) in [6.45, 7) is -0.566. The molecule has 0 aliphatic rings. The number of aromatic nitrogens is 1. The number of aliphatic hydroxyl groups excluding tert-OH is 1. The van der Waals surface area contributed by atoms with Crippen LogP contribution in [-0.2, 0) is 12.2 Å². The molecule has 0 radical (unpaired) electrons. The fourth-order valence-electron chi connectivity index (χ4n) is 2.02. The largest absolute Gasteiger partial charge is 1.00 e. The van der Waals surface area contributed by atoms with Crippen molar-refractivity contribution in [1.29, 1.82) is 0 Å². The third-order valence-electron chi connectivity index (χ3n) is 3.33. The maximum atomic E-state index is 13.2. The van der Waals surface area contributed by atoms with E-state index in [1.807, 2.05) is 0 Å². The molecule has 0 spiro atoms. The molecule has 2 rings (SSSR count). The molecule has 0 aliphatic heterocycles. The predicted molar refractivity (Wildman–Crippen MR) is 86.6 cm³/mol. The summed E-state index contributed by atoms with van der Waals surface area (Å²) in [4.78, 5) is 15.6. The van der Waals surface area contributed by atoms with E-state index in [1.165, 1.54) is 5.38 Å². The van der Waals surface area contributed by atoms with Gasteiger partial charge in [-0.15, -0.1) is 11.3 Å². The number of carbonyl (C=O) groups excluding carboxylic acids is 1. The summed E-state index contributed by atoms with van der Waals surface area (Å²) < 4.78 is 84.0. The maximum absolute atomic E-state index is 13.2. The van der Waals surface area contributed by atoms with Crippen LogP contribution in [0, 0.1) is 0 Å². The van der Waals surface area contributed by atoms with Gasteiger partial charge < -0.3 is 16.4 Å². The van der Waals surface area contributed by atoms with Gasteiger partial charge in [-0.3, -0.25) is 0 Å². The van der Waals surface area contributed by atoms with E-state index >= 15 is 0 Å². The molecule has 15 heteroatoms. The van der Waals surface area contributed by atoms with Gasteiger partial charge in [0.2, 0.25) is 5.01 Å². The van der Waals surface area contributed by atoms with Crippen LogP contribution in [0.25, 0.3) is 0 Å². The van der Waals surface area contributed by atoms with Crippen LogP contribution in [0.1, 0.15) is 22.5 Å². The fraction of sp³-hybridized carbons (Fsp3) is 0.286. The van der Waals surface area contributed by atoms with Gasteiger partial charge in [-0.05, 0) is 12.1 Å². The van der Waals surface area contributed by atoms with Crippen LogP contribution in [0.2, 0.25) is 10.0 Å². The molecule has 1 aromatic heterocycles. The van der Waals surface area contributed by atoms with E-state index in [2.05, 4.69) is 9.72 Å². The molecule has 0 fully saturated rings. The number of hydrogen-bond acceptors (Lipinski definition) is 6. The summed E-state index contributed by atoms with van der Waals surface area (Å²) >= 11 is 11.7. The van der Waals surface area contributed by atoms with Crippen LogP contribution < -0.4 is 56.1 Å². The second-order valence-corrected chi connectivity index (χ2v) is 6.78. The van der Waals surface area contributed by atoms with Gasteiger partial charge in [-0.1, -0.05) is 23.2 Å². The Morgan fingerprint density at radius 2 is 1.72 bits per heavy atom. The molecular weight excluding hydrogens is 502 g/mol. The van der Waals surface area contributed by atoms with Gasteiger partial charge in [0.15, 0.2) is 0 Å². The molecule has 156 valence electrons. The average molecular weight is 510 g/mol. The predicted octanol–water partition coefficient (Wildman–Crippen LogP) is 1.59. The van der Waals surface area contributed by atoms with Gasteiger partial charge in [-0.25, -0.2) is 9.78 Å². The van der Waals surface area contributed by atoms with E-state index in [0.29, 0.717) is 17.4 Å². The minimum atomic E-state index is -6.29. The van der Waals surface area contributed by atoms with Gasteiger partial charge in [0.25, 0.3) is 5.60 Å². The molecule has 2 aromatic rings. The Bertz CT molecular complexity index is 898. The molecule has 0 atom stereocenters. The number of thiazole rings is 1. The van der Waals surface area contributed by atoms with Gasteiger partial charge in [0.05, 0.1) is 27.9 Å². The standard InChI is InChI=1S/C14H7Cl2F6NO4S.K.H/c15-6-1-2-7(27-11(25)10-23-5(3-24)4-28-10)8(9(6)16)12(26,13(17,18)19)14(20,21)22;;/h1-2,4,24,26H,3H2;;/q;+1;-1. The Kier molecular flexibility index (Phi) is 9.03. The molecule has 0 saturated heterocycles. The van der Waals surface area contributed by atoms with Crippen molar-refractivity contribution in [3.63, 3.8) is 0 Å². The topological polar surface area (TPSA) is 79.7 Å². The van der Waals surface area contributed by atoms with Gasteiger partial charge in [0, 0.05) is 5.38 Å². The Morgan fingerprint density at radius 1 is 1.17 bits per heavy atom. The number of hydrogen-bond donors (Lipinski definition) is 2. The molecule has 0 aliphatic carbocycles. The minimum Gasteiger partial charge on any atom is -1.00 e. The Balaban J connectivity index is 0.00000420. The van der Waals surface area contributed by atoms with Crippen LogP contribution >= 0.6 is 34.5 Å². The summed E-state index contributed by atoms with van der Waals surface area (Å²) in [5, 5.41) is 17.2. The van der Waals surface area contributed by atoms with Gasteiger partial charge in [0.1, 0.15) is 5.75 Å². The zero-order chi connectivity index (χ0) is 21.5. The number of aliphatic hydroxyl groups is 2. The normalized spacial score (nSPS) is 12.5. The minimum absolute atomic E-state index is 0. The van der Waals surface area contributed by atoms with Crippen LogP contribution in [0.4, 0.5) is 26.3 Å². The van der Waals surface area contributed by atoms with Crippen LogP contribution in [0.15, 0.2) is 17.5 Å². The molecule has 1 heterocycles. The smallest absolute Gasteiger partial charge is 1.00 e. The summed E-state index contributed by atoms with van der Waals surface area (Å²) in [7, 11) is 0. The first kappa shape index (κ1) is 27.1. The van der Waals surface area contributed by atoms with Crippen molar-refractivity contribution in [3.05, 3.63) is 43.8 Å². The van der Waals surface area contributed by atoms with Crippen molar-refractivity contribution in [1.82, 2.24) is 4.98 Å². The monoisotopic (exact) mass is 509 g/mol. The van der Waals surface area contributed by atoms with Crippen molar-refractivity contribution >= 4 is 40.5 Å². The van der Waals surface area contributed by atoms with Crippen LogP contribution in [0.5, 0.6) is 5.75 Å². The number of halogens is 8. The fourth-order valence-corrected chi connectivity index (χ4v) is 3.15. The van der Waals surface area contributed by atoms with Gasteiger partial charge >= 0.3 is 69.7 Å². The van der Waals surface area contributed by atoms with Crippen LogP contribution in [-0.4, -0.2) is 33.5 Å². The molecular formula is C14H8Cl2F6KNO4S. The van der Waals surface area contributed by atoms with Crippen molar-refractivity contribution in [2.75, 3.05) is 0 Å². The summed E-state index contributed by atoms with van der Waals surface area (Å²) in [5.41, 5.74) is -7.45. The molecule has 2 N–H and O–H groups in total. The van der Waals surface area contributed by atoms with Crippen molar-refractivity contribution in [3.8, 4) is 5.75 Å². The Hall–Kier alpha value is 0.0364. The van der Waals surface area contributed by atoms with Crippen LogP contribution in [0.3, 0.4) is 0 Å². The SMILES string of the molecule is O=C(Oc1ccc(Cl)c(Cl)c1C(O)(C(F)(F)F)C(F)(F)F)c1nc(CO)cs1.[H-].[K+]. The van der Waals surface area contributed by atoms with E-state index in [1.54, 1.807) is 0 Å². The Labute approximate surface area is 216 Å². The quantitative estimate of drug-likeness (QED) is 0.283. The second kappa shape index (κ2) is 9.67. The summed E-state index contributed by atoms with van der Waals surface area (Å²) in [6, 6.07) is 1.30. The molecule has 0 unspecified atom stereocenters. The average Bonchev–Trinajstić information content (AvgIpc) is 3.05. The zero-order valence-corrected chi connectivity index (χ0v) is 19.5. The van der Waals surface area contributed by atoms with E-state index in [-0.39, 0.29) is 58.5 Å². The number of benzene rings is 1. The first-order valence-electron chi connectivity index (χ1n) is 6.85. The zero-order valence-electron chi connectivity index (χ0n) is 15.0. The summed E-state index contributed by atoms with van der Waals surface area (Å²) in [5.74, 6) is -2.76. The van der Waals surface area contributed by atoms with E-state index < -0.39 is 56.9 Å². The van der Waals surface area contributed by atoms with Crippen molar-refractivity contribution < 1.29 is 98.9 Å². The summed E-state index contributed by atoms with van der Waals surface area (Å²) in [6.07, 6.45) is -12.6. The molecule has 29 heavy (non-hydrogen) atoms. The molecule has 1 aromatic carbocycles. The third-order valence-corrected chi connectivity index (χ3v) is 5.01. The number of nitrogens with zero attached hydrogens (tertiary/aromatic N) is 1. The molecule has 0 bridgehead atoms. The van der Waals surface area contributed by atoms with E-state index in [0.717, 1.165) is 6.07 Å². The number of carbonyl (C=O) groups is 1. The number of rotatable bonds is 4. The number of esters is 1. The van der Waals surface area contributed by atoms with Crippen molar-refractivity contribution in [2.24, 2.45) is 0 Å². The third kappa shape index (κ3) is 5.27. The first-order valence-corrected chi connectivity index (χ1v) is 8.49. The molecule has 5 nitrogen and oxygen atoms in total. The Morgan fingerprint density at radius 3 is 2.17 bits per heavy atom. The van der Waals surface area contributed by atoms with E-state index in [4.69, 9.17) is 28.3 Å². The molecule has 0 saturated carbocycles. The number of alkyl halides is 6.